The quantitative estimate of drug-likeness (QED) is 0.255. The predicted octanol–water partition coefficient (Wildman–Crippen LogP) is -0.160. The van der Waals surface area contributed by atoms with E-state index in [2.05, 4.69) is 17.9 Å². The van der Waals surface area contributed by atoms with Gasteiger partial charge in [0.15, 0.2) is 0 Å². The van der Waals surface area contributed by atoms with Crippen molar-refractivity contribution in [3.8, 4) is 5.75 Å². The Hall–Kier alpha value is -1.41. The van der Waals surface area contributed by atoms with E-state index in [1.54, 1.807) is 0 Å². The summed E-state index contributed by atoms with van der Waals surface area (Å²) in [7, 11) is 0. The van der Waals surface area contributed by atoms with Crippen LogP contribution in [0, 0.1) is 0 Å². The van der Waals surface area contributed by atoms with Gasteiger partial charge in [0, 0.05) is 19.5 Å². The molecule has 1 aliphatic heterocycles. The van der Waals surface area contributed by atoms with Crippen LogP contribution in [0.1, 0.15) is 26.2 Å². The topological polar surface area (TPSA) is 127 Å². The maximum absolute atomic E-state index is 11.1. The fourth-order valence-corrected chi connectivity index (χ4v) is 4.04. The molecule has 0 spiro atoms. The van der Waals surface area contributed by atoms with Crippen molar-refractivity contribution >= 4 is 48.7 Å². The Morgan fingerprint density at radius 1 is 1.28 bits per heavy atom. The van der Waals surface area contributed by atoms with E-state index >= 15 is 0 Å². The molecule has 1 aliphatic rings. The molecule has 4 N–H and O–H groups in total. The molecule has 1 saturated heterocycles. The molecule has 2 amide bonds. The molecule has 8 nitrogen and oxygen atoms in total. The first kappa shape index (κ1) is 21.6. The number of carbonyl (C=O) groups excluding carboxylic acids is 2. The van der Waals surface area contributed by atoms with Crippen molar-refractivity contribution in [1.29, 1.82) is 0 Å². The Morgan fingerprint density at radius 3 is 2.36 bits per heavy atom. The summed E-state index contributed by atoms with van der Waals surface area (Å²) in [5.74, 6) is 0.0663. The second kappa shape index (κ2) is 9.91. The summed E-state index contributed by atoms with van der Waals surface area (Å²) in [6.45, 7) is 3.11. The van der Waals surface area contributed by atoms with Gasteiger partial charge in [-0.05, 0) is 18.6 Å². The van der Waals surface area contributed by atoms with E-state index < -0.39 is 20.1 Å². The van der Waals surface area contributed by atoms with Crippen LogP contribution in [0.15, 0.2) is 18.2 Å². The average Bonchev–Trinajstić information content (AvgIpc) is 3.03. The van der Waals surface area contributed by atoms with E-state index in [9.17, 15) is 18.4 Å². The molecular formula is C15H23AsN2O6S. The molecule has 25 heavy (non-hydrogen) atoms. The molecule has 2 rings (SSSR count). The molecule has 140 valence electrons. The van der Waals surface area contributed by atoms with Crippen LogP contribution in [-0.4, -0.2) is 63.0 Å². The zero-order valence-corrected chi connectivity index (χ0v) is 16.7. The Bertz CT molecular complexity index is 657. The Kier molecular flexibility index (Phi) is 8.58. The fraction of sp³-hybridized carbons (Fsp3) is 0.467. The summed E-state index contributed by atoms with van der Waals surface area (Å²) < 4.78 is 28.8. The van der Waals surface area contributed by atoms with Crippen LogP contribution in [0.3, 0.4) is 0 Å². The molecule has 0 saturated carbocycles. The van der Waals surface area contributed by atoms with Gasteiger partial charge < -0.3 is 4.90 Å². The van der Waals surface area contributed by atoms with Gasteiger partial charge in [0.25, 0.3) is 0 Å². The molecule has 10 heteroatoms. The minimum absolute atomic E-state index is 0.225. The number of amides is 2. The van der Waals surface area contributed by atoms with Gasteiger partial charge in [-0.15, -0.1) is 0 Å². The third kappa shape index (κ3) is 7.15. The monoisotopic (exact) mass is 434 g/mol. The smallest absolute Gasteiger partial charge is 0.223 e. The summed E-state index contributed by atoms with van der Waals surface area (Å²) in [5.41, 5.74) is -0.225. The van der Waals surface area contributed by atoms with Crippen molar-refractivity contribution < 1.29 is 26.6 Å². The number of anilines is 1. The van der Waals surface area contributed by atoms with E-state index in [-0.39, 0.29) is 21.7 Å². The largest absolute Gasteiger partial charge is 0.343 e. The first-order valence-electron chi connectivity index (χ1n) is 7.71. The molecular weight excluding hydrogens is 411 g/mol. The van der Waals surface area contributed by atoms with Gasteiger partial charge in [-0.1, -0.05) is 0 Å². The summed E-state index contributed by atoms with van der Waals surface area (Å²) in [5, 5.41) is 11.5. The molecule has 0 unspecified atom stereocenters. The standard InChI is InChI=1S/C8H10AsNO5.C7H13NOS/c1-5(11)10-8-6(9(13,14)15)3-2-4-7(8)12;9-7(3-6-10)8-4-1-2-5-8/h2-4,12H,1H3,(H,10,11)(H2,13,14,15);10H,1-6H2. The van der Waals surface area contributed by atoms with Gasteiger partial charge in [-0.25, -0.2) is 0 Å². The second-order valence-corrected chi connectivity index (χ2v) is 9.20. The zero-order valence-electron chi connectivity index (χ0n) is 13.9. The van der Waals surface area contributed by atoms with Crippen LogP contribution >= 0.6 is 12.6 Å². The number of thiol groups is 1. The van der Waals surface area contributed by atoms with Crippen LogP contribution in [0.25, 0.3) is 0 Å². The Labute approximate surface area is 154 Å². The second-order valence-electron chi connectivity index (χ2n) is 5.46. The average molecular weight is 434 g/mol. The number of phenols is 1. The first-order valence-corrected chi connectivity index (χ1v) is 11.7. The molecule has 1 fully saturated rings. The van der Waals surface area contributed by atoms with Crippen molar-refractivity contribution in [3.63, 3.8) is 0 Å². The predicted molar refractivity (Wildman–Crippen MR) is 97.2 cm³/mol. The third-order valence-electron chi connectivity index (χ3n) is 3.42. The van der Waals surface area contributed by atoms with Crippen LogP contribution < -0.4 is 9.67 Å². The summed E-state index contributed by atoms with van der Waals surface area (Å²) in [6.07, 6.45) is 2.96. The minimum Gasteiger partial charge on any atom is -0.343 e. The van der Waals surface area contributed by atoms with Gasteiger partial charge in [0.05, 0.1) is 0 Å². The molecule has 0 bridgehead atoms. The summed E-state index contributed by atoms with van der Waals surface area (Å²) in [6, 6.07) is 3.71. The first-order chi connectivity index (χ1) is 11.7. The zero-order chi connectivity index (χ0) is 19.0. The number of likely N-dealkylation sites (tertiary alicyclic amines) is 1. The minimum atomic E-state index is -5.14. The number of aromatic hydroxyl groups is 1. The van der Waals surface area contributed by atoms with Crippen molar-refractivity contribution in [2.45, 2.75) is 26.2 Å². The van der Waals surface area contributed by atoms with Crippen molar-refractivity contribution in [2.24, 2.45) is 0 Å². The number of hydrogen-bond donors (Lipinski definition) is 5. The van der Waals surface area contributed by atoms with E-state index in [1.165, 1.54) is 38.0 Å². The molecule has 0 atom stereocenters. The van der Waals surface area contributed by atoms with E-state index in [0.29, 0.717) is 12.2 Å². The van der Waals surface area contributed by atoms with Gasteiger partial charge in [0.1, 0.15) is 0 Å². The van der Waals surface area contributed by atoms with Gasteiger partial charge in [0.2, 0.25) is 5.91 Å². The SMILES string of the molecule is CC(=O)Nc1c(O)cccc1[As](=O)(O)O.O=C(CCS)N1CCCC1. The van der Waals surface area contributed by atoms with Crippen LogP contribution in [0.4, 0.5) is 5.69 Å². The third-order valence-corrected chi connectivity index (χ3v) is 5.74. The number of rotatable bonds is 4. The number of phenolic OH excluding ortho intramolecular Hbond substituents is 1. The molecule has 1 heterocycles. The number of benzene rings is 1. The number of para-hydroxylation sites is 1. The summed E-state index contributed by atoms with van der Waals surface area (Å²) in [4.78, 5) is 23.8. The van der Waals surface area contributed by atoms with Crippen LogP contribution in [-0.2, 0) is 13.3 Å². The van der Waals surface area contributed by atoms with Gasteiger partial charge >= 0.3 is 88.1 Å². The fourth-order valence-electron chi connectivity index (χ4n) is 2.30. The maximum atomic E-state index is 11.1. The molecule has 0 radical (unpaired) electrons. The Morgan fingerprint density at radius 2 is 1.88 bits per heavy atom. The van der Waals surface area contributed by atoms with Crippen molar-refractivity contribution in [1.82, 2.24) is 4.90 Å². The normalized spacial score (nSPS) is 13.8. The van der Waals surface area contributed by atoms with Crippen molar-refractivity contribution in [3.05, 3.63) is 18.2 Å². The van der Waals surface area contributed by atoms with Gasteiger partial charge in [-0.3, -0.25) is 4.79 Å². The van der Waals surface area contributed by atoms with Crippen LogP contribution in [0.5, 0.6) is 5.75 Å². The molecule has 0 aliphatic carbocycles. The van der Waals surface area contributed by atoms with E-state index in [0.717, 1.165) is 13.1 Å². The number of hydrogen-bond acceptors (Lipinski definition) is 5. The van der Waals surface area contributed by atoms with E-state index in [1.807, 2.05) is 4.90 Å². The molecule has 0 aromatic heterocycles. The maximum Gasteiger partial charge on any atom is 0.223 e. The summed E-state index contributed by atoms with van der Waals surface area (Å²) >= 11 is -1.14. The van der Waals surface area contributed by atoms with Gasteiger partial charge in [-0.2, -0.15) is 12.6 Å². The van der Waals surface area contributed by atoms with Crippen molar-refractivity contribution in [2.75, 3.05) is 24.2 Å². The number of nitrogens with one attached hydrogen (secondary N) is 1. The molecule has 1 aromatic carbocycles. The van der Waals surface area contributed by atoms with E-state index in [4.69, 9.17) is 8.19 Å². The number of carbonyl (C=O) groups is 2. The Balaban J connectivity index is 0.000000271. The molecule has 1 aromatic rings. The number of nitrogens with zero attached hydrogens (tertiary/aromatic N) is 1. The van der Waals surface area contributed by atoms with Crippen LogP contribution in [0.2, 0.25) is 0 Å².